The van der Waals surface area contributed by atoms with Crippen LogP contribution >= 0.6 is 0 Å². The zero-order valence-corrected chi connectivity index (χ0v) is 9.15. The number of aromatic nitrogens is 1. The van der Waals surface area contributed by atoms with Crippen molar-refractivity contribution in [2.45, 2.75) is 6.54 Å². The van der Waals surface area contributed by atoms with Crippen LogP contribution < -0.4 is 4.73 Å². The molecule has 0 N–H and O–H groups in total. The highest BCUT2D eigenvalue weighted by atomic mass is 16.6. The molecule has 17 heavy (non-hydrogen) atoms. The maximum absolute atomic E-state index is 11.1. The van der Waals surface area contributed by atoms with E-state index in [0.717, 1.165) is 10.3 Å². The zero-order chi connectivity index (χ0) is 12.3. The van der Waals surface area contributed by atoms with E-state index in [0.29, 0.717) is 25.5 Å². The van der Waals surface area contributed by atoms with E-state index in [1.807, 2.05) is 11.0 Å². The number of nitrogens with zero attached hydrogens (tertiary/aromatic N) is 4. The number of hydrogen-bond acceptors (Lipinski definition) is 5. The second-order valence-electron chi connectivity index (χ2n) is 3.78. The lowest BCUT2D eigenvalue weighted by molar-refractivity contribution is -0.605. The Morgan fingerprint density at radius 2 is 2.41 bits per heavy atom. The average Bonchev–Trinajstić information content (AvgIpc) is 2.65. The van der Waals surface area contributed by atoms with Gasteiger partial charge in [0, 0.05) is 23.1 Å². The molecule has 0 fully saturated rings. The van der Waals surface area contributed by atoms with Gasteiger partial charge in [0.1, 0.15) is 0 Å². The summed E-state index contributed by atoms with van der Waals surface area (Å²) in [7, 11) is 0. The van der Waals surface area contributed by atoms with Crippen LogP contribution in [0.2, 0.25) is 0 Å². The maximum Gasteiger partial charge on any atom is 0.260 e. The standard InChI is InChI=1S/C10H12N4O3/c15-13-4-1-2-9(7-13)6-12-5-3-11-10(12)8-14(16)17/h1-2,4,7H,3,5-6,8H2. The Morgan fingerprint density at radius 3 is 3.12 bits per heavy atom. The van der Waals surface area contributed by atoms with E-state index in [1.165, 1.54) is 12.4 Å². The van der Waals surface area contributed by atoms with Crippen molar-refractivity contribution >= 4 is 5.84 Å². The lowest BCUT2D eigenvalue weighted by Crippen LogP contribution is -2.33. The Labute approximate surface area is 97.7 Å². The third-order valence-corrected chi connectivity index (χ3v) is 2.51. The van der Waals surface area contributed by atoms with Gasteiger partial charge in [-0.3, -0.25) is 15.1 Å². The van der Waals surface area contributed by atoms with Gasteiger partial charge in [-0.05, 0) is 6.07 Å². The van der Waals surface area contributed by atoms with Crippen molar-refractivity contribution in [2.75, 3.05) is 19.6 Å². The molecule has 90 valence electrons. The van der Waals surface area contributed by atoms with Crippen molar-refractivity contribution < 1.29 is 9.65 Å². The minimum absolute atomic E-state index is 0.260. The summed E-state index contributed by atoms with van der Waals surface area (Å²) in [4.78, 5) is 16.0. The molecule has 7 nitrogen and oxygen atoms in total. The molecule has 0 aromatic carbocycles. The Bertz CT molecular complexity index is 461. The van der Waals surface area contributed by atoms with Crippen molar-refractivity contribution in [1.82, 2.24) is 4.90 Å². The Morgan fingerprint density at radius 1 is 1.59 bits per heavy atom. The normalized spacial score (nSPS) is 14.8. The van der Waals surface area contributed by atoms with Crippen molar-refractivity contribution in [3.8, 4) is 0 Å². The van der Waals surface area contributed by atoms with Gasteiger partial charge in [0.2, 0.25) is 0 Å². The van der Waals surface area contributed by atoms with Crippen molar-refractivity contribution in [1.29, 1.82) is 0 Å². The second-order valence-corrected chi connectivity index (χ2v) is 3.78. The lowest BCUT2D eigenvalue weighted by atomic mass is 10.2. The van der Waals surface area contributed by atoms with Crippen molar-refractivity contribution in [3.05, 3.63) is 45.4 Å². The summed E-state index contributed by atoms with van der Waals surface area (Å²) in [5, 5.41) is 21.5. The smallest absolute Gasteiger partial charge is 0.260 e. The van der Waals surface area contributed by atoms with Crippen LogP contribution in [0.1, 0.15) is 5.56 Å². The molecule has 0 amide bonds. The van der Waals surface area contributed by atoms with Gasteiger partial charge >= 0.3 is 0 Å². The third kappa shape index (κ3) is 2.90. The molecular weight excluding hydrogens is 224 g/mol. The van der Waals surface area contributed by atoms with Gasteiger partial charge in [0.05, 0.1) is 13.1 Å². The van der Waals surface area contributed by atoms with E-state index in [2.05, 4.69) is 4.99 Å². The van der Waals surface area contributed by atoms with Gasteiger partial charge in [-0.2, -0.15) is 4.73 Å². The molecule has 0 saturated heterocycles. The summed E-state index contributed by atoms with van der Waals surface area (Å²) >= 11 is 0. The van der Waals surface area contributed by atoms with Gasteiger partial charge in [-0.25, -0.2) is 0 Å². The van der Waals surface area contributed by atoms with Crippen LogP contribution in [0, 0.1) is 15.3 Å². The Balaban J connectivity index is 2.04. The zero-order valence-electron chi connectivity index (χ0n) is 9.15. The van der Waals surface area contributed by atoms with Crippen LogP contribution in [0.3, 0.4) is 0 Å². The summed E-state index contributed by atoms with van der Waals surface area (Å²) < 4.78 is 0.718. The number of hydrogen-bond donors (Lipinski definition) is 0. The van der Waals surface area contributed by atoms with E-state index in [4.69, 9.17) is 0 Å². The fraction of sp³-hybridized carbons (Fsp3) is 0.400. The second kappa shape index (κ2) is 4.77. The van der Waals surface area contributed by atoms with Gasteiger partial charge in [-0.15, -0.1) is 0 Å². The molecule has 0 saturated carbocycles. The average molecular weight is 236 g/mol. The van der Waals surface area contributed by atoms with Gasteiger partial charge in [-0.1, -0.05) is 0 Å². The molecular formula is C10H12N4O3. The first-order valence-corrected chi connectivity index (χ1v) is 5.23. The predicted octanol–water partition coefficient (Wildman–Crippen LogP) is -0.189. The van der Waals surface area contributed by atoms with E-state index in [1.54, 1.807) is 6.07 Å². The van der Waals surface area contributed by atoms with E-state index in [9.17, 15) is 15.3 Å². The Hall–Kier alpha value is -2.18. The molecule has 1 aromatic heterocycles. The fourth-order valence-corrected chi connectivity index (χ4v) is 1.78. The summed E-state index contributed by atoms with van der Waals surface area (Å²) in [5.74, 6) is 0.483. The highest BCUT2D eigenvalue weighted by Crippen LogP contribution is 2.08. The van der Waals surface area contributed by atoms with Gasteiger partial charge in [0.15, 0.2) is 18.2 Å². The van der Waals surface area contributed by atoms with E-state index in [-0.39, 0.29) is 6.54 Å². The molecule has 0 atom stereocenters. The molecule has 0 unspecified atom stereocenters. The van der Waals surface area contributed by atoms with Crippen LogP contribution in [-0.2, 0) is 6.54 Å². The number of rotatable bonds is 4. The predicted molar refractivity (Wildman–Crippen MR) is 60.0 cm³/mol. The summed E-state index contributed by atoms with van der Waals surface area (Å²) in [6.07, 6.45) is 2.86. The van der Waals surface area contributed by atoms with Crippen LogP contribution in [0.25, 0.3) is 0 Å². The number of nitro groups is 1. The highest BCUT2D eigenvalue weighted by molar-refractivity contribution is 5.84. The minimum Gasteiger partial charge on any atom is -0.619 e. The number of amidine groups is 1. The molecule has 0 spiro atoms. The third-order valence-electron chi connectivity index (χ3n) is 2.51. The molecule has 0 bridgehead atoms. The first-order valence-electron chi connectivity index (χ1n) is 5.23. The summed E-state index contributed by atoms with van der Waals surface area (Å²) in [6.45, 7) is 1.46. The topological polar surface area (TPSA) is 85.7 Å². The lowest BCUT2D eigenvalue weighted by Gasteiger charge is -2.17. The van der Waals surface area contributed by atoms with Crippen molar-refractivity contribution in [3.63, 3.8) is 0 Å². The van der Waals surface area contributed by atoms with Gasteiger partial charge in [0.25, 0.3) is 6.54 Å². The first-order chi connectivity index (χ1) is 8.15. The fourth-order valence-electron chi connectivity index (χ4n) is 1.78. The van der Waals surface area contributed by atoms with Gasteiger partial charge < -0.3 is 10.1 Å². The van der Waals surface area contributed by atoms with Crippen LogP contribution in [0.15, 0.2) is 29.5 Å². The maximum atomic E-state index is 11.1. The molecule has 1 aromatic rings. The summed E-state index contributed by atoms with van der Waals surface area (Å²) in [5.41, 5.74) is 0.820. The molecule has 7 heteroatoms. The molecule has 1 aliphatic rings. The summed E-state index contributed by atoms with van der Waals surface area (Å²) in [6, 6.07) is 3.47. The molecule has 2 heterocycles. The quantitative estimate of drug-likeness (QED) is 0.314. The van der Waals surface area contributed by atoms with Crippen LogP contribution in [0.5, 0.6) is 0 Å². The SMILES string of the molecule is O=[N+]([O-])CC1=NCCN1Cc1ccc[n+]([O-])c1. The number of pyridine rings is 1. The minimum atomic E-state index is -0.393. The molecule has 1 aliphatic heterocycles. The van der Waals surface area contributed by atoms with E-state index >= 15 is 0 Å². The van der Waals surface area contributed by atoms with E-state index < -0.39 is 4.92 Å². The number of aliphatic imine (C=N–C) groups is 1. The monoisotopic (exact) mass is 236 g/mol. The molecule has 0 aliphatic carbocycles. The highest BCUT2D eigenvalue weighted by Gasteiger charge is 2.21. The largest absolute Gasteiger partial charge is 0.619 e. The Kier molecular flexibility index (Phi) is 3.17. The van der Waals surface area contributed by atoms with Crippen molar-refractivity contribution in [2.24, 2.45) is 4.99 Å². The van der Waals surface area contributed by atoms with Crippen LogP contribution in [-0.4, -0.2) is 35.3 Å². The first kappa shape index (κ1) is 11.3. The molecule has 0 radical (unpaired) electrons. The molecule has 2 rings (SSSR count). The van der Waals surface area contributed by atoms with Crippen LogP contribution in [0.4, 0.5) is 0 Å².